The first-order valence-electron chi connectivity index (χ1n) is 7.02. The number of rotatable bonds is 6. The minimum Gasteiger partial charge on any atom is -0.496 e. The Morgan fingerprint density at radius 2 is 2.05 bits per heavy atom. The number of carbonyl (C=O) groups is 1. The van der Waals surface area contributed by atoms with Gasteiger partial charge in [0, 0.05) is 18.2 Å². The molecular weight excluding hydrogens is 281 g/mol. The van der Waals surface area contributed by atoms with E-state index in [9.17, 15) is 9.18 Å². The number of carbonyl (C=O) groups excluding carboxylic acids is 1. The van der Waals surface area contributed by atoms with Crippen molar-refractivity contribution in [3.8, 4) is 5.75 Å². The first-order valence-corrected chi connectivity index (χ1v) is 7.02. The number of hydrogen-bond donors (Lipinski definition) is 1. The SMILES string of the molecule is COc1ccccc1/C=C/C(=O)NCCc1cccc(F)c1. The fourth-order valence-corrected chi connectivity index (χ4v) is 2.05. The van der Waals surface area contributed by atoms with Crippen LogP contribution in [0.3, 0.4) is 0 Å². The van der Waals surface area contributed by atoms with Gasteiger partial charge in [-0.15, -0.1) is 0 Å². The second kappa shape index (κ2) is 7.98. The molecule has 2 rings (SSSR count). The van der Waals surface area contributed by atoms with Crippen LogP contribution in [0.2, 0.25) is 0 Å². The van der Waals surface area contributed by atoms with Crippen molar-refractivity contribution in [3.63, 3.8) is 0 Å². The van der Waals surface area contributed by atoms with E-state index in [0.717, 1.165) is 11.1 Å². The minimum absolute atomic E-state index is 0.192. The predicted octanol–water partition coefficient (Wildman–Crippen LogP) is 3.21. The second-order valence-corrected chi connectivity index (χ2v) is 4.75. The molecule has 0 bridgehead atoms. The molecule has 4 heteroatoms. The van der Waals surface area contributed by atoms with Crippen LogP contribution in [0.4, 0.5) is 4.39 Å². The zero-order valence-corrected chi connectivity index (χ0v) is 12.4. The van der Waals surface area contributed by atoms with Crippen molar-refractivity contribution >= 4 is 12.0 Å². The Hall–Kier alpha value is -2.62. The van der Waals surface area contributed by atoms with Gasteiger partial charge in [-0.1, -0.05) is 30.3 Å². The van der Waals surface area contributed by atoms with E-state index in [1.54, 1.807) is 19.3 Å². The van der Waals surface area contributed by atoms with E-state index in [0.29, 0.717) is 18.7 Å². The summed E-state index contributed by atoms with van der Waals surface area (Å²) in [6.45, 7) is 0.457. The van der Waals surface area contributed by atoms with E-state index in [1.165, 1.54) is 18.2 Å². The Labute approximate surface area is 129 Å². The zero-order chi connectivity index (χ0) is 15.8. The van der Waals surface area contributed by atoms with E-state index in [1.807, 2.05) is 30.3 Å². The fraction of sp³-hybridized carbons (Fsp3) is 0.167. The number of para-hydroxylation sites is 1. The molecule has 0 unspecified atom stereocenters. The molecule has 0 atom stereocenters. The molecule has 1 amide bonds. The lowest BCUT2D eigenvalue weighted by molar-refractivity contribution is -0.116. The molecule has 0 aliphatic heterocycles. The molecule has 0 fully saturated rings. The van der Waals surface area contributed by atoms with Crippen molar-refractivity contribution < 1.29 is 13.9 Å². The smallest absolute Gasteiger partial charge is 0.244 e. The van der Waals surface area contributed by atoms with Gasteiger partial charge >= 0.3 is 0 Å². The van der Waals surface area contributed by atoms with Gasteiger partial charge in [0.2, 0.25) is 5.91 Å². The summed E-state index contributed by atoms with van der Waals surface area (Å²) in [6.07, 6.45) is 3.76. The van der Waals surface area contributed by atoms with Crippen molar-refractivity contribution in [2.24, 2.45) is 0 Å². The maximum Gasteiger partial charge on any atom is 0.244 e. The number of methoxy groups -OCH3 is 1. The number of amides is 1. The topological polar surface area (TPSA) is 38.3 Å². The summed E-state index contributed by atoms with van der Waals surface area (Å²) in [5.41, 5.74) is 1.69. The third-order valence-electron chi connectivity index (χ3n) is 3.16. The highest BCUT2D eigenvalue weighted by molar-refractivity contribution is 5.92. The van der Waals surface area contributed by atoms with Crippen molar-refractivity contribution in [3.05, 3.63) is 71.6 Å². The van der Waals surface area contributed by atoms with E-state index >= 15 is 0 Å². The summed E-state index contributed by atoms with van der Waals surface area (Å²) in [4.78, 5) is 11.8. The van der Waals surface area contributed by atoms with Crippen molar-refractivity contribution in [1.29, 1.82) is 0 Å². The first kappa shape index (κ1) is 15.8. The molecule has 0 aromatic heterocycles. The molecule has 0 aliphatic rings. The zero-order valence-electron chi connectivity index (χ0n) is 12.4. The highest BCUT2D eigenvalue weighted by Gasteiger charge is 2.00. The molecule has 2 aromatic rings. The second-order valence-electron chi connectivity index (χ2n) is 4.75. The highest BCUT2D eigenvalue weighted by atomic mass is 19.1. The summed E-state index contributed by atoms with van der Waals surface area (Å²) in [5.74, 6) is 0.258. The van der Waals surface area contributed by atoms with Crippen LogP contribution < -0.4 is 10.1 Å². The quantitative estimate of drug-likeness (QED) is 0.832. The third kappa shape index (κ3) is 4.74. The monoisotopic (exact) mass is 299 g/mol. The molecule has 0 saturated heterocycles. The van der Waals surface area contributed by atoms with Crippen LogP contribution in [0.25, 0.3) is 6.08 Å². The fourth-order valence-electron chi connectivity index (χ4n) is 2.05. The average Bonchev–Trinajstić information content (AvgIpc) is 2.53. The Morgan fingerprint density at radius 3 is 2.82 bits per heavy atom. The first-order chi connectivity index (χ1) is 10.7. The molecule has 114 valence electrons. The molecule has 0 radical (unpaired) electrons. The lowest BCUT2D eigenvalue weighted by atomic mass is 10.1. The van der Waals surface area contributed by atoms with Gasteiger partial charge < -0.3 is 10.1 Å². The van der Waals surface area contributed by atoms with Crippen LogP contribution in [0, 0.1) is 5.82 Å². The highest BCUT2D eigenvalue weighted by Crippen LogP contribution is 2.18. The van der Waals surface area contributed by atoms with E-state index in [2.05, 4.69) is 5.32 Å². The molecule has 0 spiro atoms. The minimum atomic E-state index is -0.264. The number of benzene rings is 2. The Kier molecular flexibility index (Phi) is 5.72. The van der Waals surface area contributed by atoms with Gasteiger partial charge in [-0.05, 0) is 36.3 Å². The van der Waals surface area contributed by atoms with Crippen LogP contribution in [0.5, 0.6) is 5.75 Å². The van der Waals surface area contributed by atoms with E-state index < -0.39 is 0 Å². The lowest BCUT2D eigenvalue weighted by Crippen LogP contribution is -2.23. The number of hydrogen-bond acceptors (Lipinski definition) is 2. The molecule has 2 aromatic carbocycles. The van der Waals surface area contributed by atoms with Gasteiger partial charge in [0.25, 0.3) is 0 Å². The number of ether oxygens (including phenoxy) is 1. The Balaban J connectivity index is 1.84. The summed E-state index contributed by atoms with van der Waals surface area (Å²) in [6, 6.07) is 13.8. The number of halogens is 1. The van der Waals surface area contributed by atoms with Crippen LogP contribution in [0.1, 0.15) is 11.1 Å². The summed E-state index contributed by atoms with van der Waals surface area (Å²) >= 11 is 0. The summed E-state index contributed by atoms with van der Waals surface area (Å²) < 4.78 is 18.2. The maximum atomic E-state index is 13.0. The Morgan fingerprint density at radius 1 is 1.23 bits per heavy atom. The predicted molar refractivity (Wildman–Crippen MR) is 85.1 cm³/mol. The Bertz CT molecular complexity index is 668. The van der Waals surface area contributed by atoms with Crippen LogP contribution in [-0.4, -0.2) is 19.6 Å². The van der Waals surface area contributed by atoms with Gasteiger partial charge in [0.15, 0.2) is 0 Å². The normalized spacial score (nSPS) is 10.6. The van der Waals surface area contributed by atoms with Gasteiger partial charge in [0.05, 0.1) is 7.11 Å². The molecular formula is C18H18FNO2. The molecule has 0 saturated carbocycles. The van der Waals surface area contributed by atoms with Crippen LogP contribution >= 0.6 is 0 Å². The molecule has 1 N–H and O–H groups in total. The van der Waals surface area contributed by atoms with Crippen LogP contribution in [-0.2, 0) is 11.2 Å². The standard InChI is InChI=1S/C18H18FNO2/c1-22-17-8-3-2-6-15(17)9-10-18(21)20-12-11-14-5-4-7-16(19)13-14/h2-10,13H,11-12H2,1H3,(H,20,21)/b10-9+. The third-order valence-corrected chi connectivity index (χ3v) is 3.16. The average molecular weight is 299 g/mol. The lowest BCUT2D eigenvalue weighted by Gasteiger charge is -2.04. The van der Waals surface area contributed by atoms with Gasteiger partial charge in [0.1, 0.15) is 11.6 Å². The van der Waals surface area contributed by atoms with Gasteiger partial charge in [-0.25, -0.2) is 4.39 Å². The molecule has 0 aliphatic carbocycles. The van der Waals surface area contributed by atoms with Gasteiger partial charge in [-0.2, -0.15) is 0 Å². The molecule has 3 nitrogen and oxygen atoms in total. The van der Waals surface area contributed by atoms with Gasteiger partial charge in [-0.3, -0.25) is 4.79 Å². The van der Waals surface area contributed by atoms with Crippen molar-refractivity contribution in [2.45, 2.75) is 6.42 Å². The van der Waals surface area contributed by atoms with E-state index in [-0.39, 0.29) is 11.7 Å². The summed E-state index contributed by atoms with van der Waals surface area (Å²) in [5, 5.41) is 2.77. The van der Waals surface area contributed by atoms with Crippen molar-refractivity contribution in [2.75, 3.05) is 13.7 Å². The van der Waals surface area contributed by atoms with Crippen molar-refractivity contribution in [1.82, 2.24) is 5.32 Å². The molecule has 22 heavy (non-hydrogen) atoms. The van der Waals surface area contributed by atoms with E-state index in [4.69, 9.17) is 4.74 Å². The number of nitrogens with one attached hydrogen (secondary N) is 1. The molecule has 0 heterocycles. The largest absolute Gasteiger partial charge is 0.496 e. The summed E-state index contributed by atoms with van der Waals surface area (Å²) in [7, 11) is 1.59. The maximum absolute atomic E-state index is 13.0. The van der Waals surface area contributed by atoms with Crippen LogP contribution in [0.15, 0.2) is 54.6 Å².